The molecule has 0 bridgehead atoms. The lowest BCUT2D eigenvalue weighted by molar-refractivity contribution is -0.127. The lowest BCUT2D eigenvalue weighted by Crippen LogP contribution is -2.29. The van der Waals surface area contributed by atoms with E-state index in [9.17, 15) is 14.7 Å². The molecule has 0 fully saturated rings. The lowest BCUT2D eigenvalue weighted by Gasteiger charge is -2.16. The van der Waals surface area contributed by atoms with E-state index in [2.05, 4.69) is 9.97 Å². The molecule has 0 aromatic carbocycles. The first-order chi connectivity index (χ1) is 9.82. The van der Waals surface area contributed by atoms with Gasteiger partial charge in [-0.15, -0.1) is 11.3 Å². The number of hydrogen-bond acceptors (Lipinski definition) is 6. The standard InChI is InChI=1S/C13H15N3O3S2/c1-6-8-10(20-7(2)12(17)16(3)4)14-5-15-11(8)21-9(6)13(18)19/h5,7H,1-4H3,(H,18,19). The van der Waals surface area contributed by atoms with Crippen molar-refractivity contribution in [2.24, 2.45) is 0 Å². The Hall–Kier alpha value is -1.67. The SMILES string of the molecule is Cc1c(C(=O)O)sc2ncnc(SC(C)C(=O)N(C)C)c12. The third-order valence-corrected chi connectivity index (χ3v) is 5.24. The summed E-state index contributed by atoms with van der Waals surface area (Å²) in [6.45, 7) is 3.55. The molecule has 2 aromatic heterocycles. The van der Waals surface area contributed by atoms with E-state index in [-0.39, 0.29) is 16.0 Å². The fourth-order valence-corrected chi connectivity index (χ4v) is 4.09. The van der Waals surface area contributed by atoms with Crippen LogP contribution in [0.25, 0.3) is 10.2 Å². The fraction of sp³-hybridized carbons (Fsp3) is 0.385. The number of hydrogen-bond donors (Lipinski definition) is 1. The number of fused-ring (bicyclic) bond motifs is 1. The highest BCUT2D eigenvalue weighted by molar-refractivity contribution is 8.00. The van der Waals surface area contributed by atoms with E-state index in [1.165, 1.54) is 23.0 Å². The van der Waals surface area contributed by atoms with Gasteiger partial charge in [0.2, 0.25) is 5.91 Å². The number of amides is 1. The van der Waals surface area contributed by atoms with Gasteiger partial charge in [0, 0.05) is 19.5 Å². The highest BCUT2D eigenvalue weighted by Gasteiger charge is 2.22. The molecule has 0 aliphatic heterocycles. The molecule has 2 heterocycles. The summed E-state index contributed by atoms with van der Waals surface area (Å²) in [4.78, 5) is 33.9. The minimum absolute atomic E-state index is 0.0156. The summed E-state index contributed by atoms with van der Waals surface area (Å²) in [7, 11) is 3.40. The van der Waals surface area contributed by atoms with Crippen molar-refractivity contribution in [1.82, 2.24) is 14.9 Å². The summed E-state index contributed by atoms with van der Waals surface area (Å²) in [6, 6.07) is 0. The second kappa shape index (κ2) is 5.98. The van der Waals surface area contributed by atoms with E-state index in [4.69, 9.17) is 0 Å². The molecule has 2 rings (SSSR count). The van der Waals surface area contributed by atoms with Gasteiger partial charge in [-0.2, -0.15) is 0 Å². The van der Waals surface area contributed by atoms with Crippen molar-refractivity contribution in [2.45, 2.75) is 24.1 Å². The number of aromatic nitrogens is 2. The van der Waals surface area contributed by atoms with Crippen LogP contribution in [0.2, 0.25) is 0 Å². The van der Waals surface area contributed by atoms with Crippen LogP contribution in [-0.2, 0) is 4.79 Å². The molecule has 1 amide bonds. The summed E-state index contributed by atoms with van der Waals surface area (Å²) in [5.74, 6) is -0.984. The van der Waals surface area contributed by atoms with Crippen molar-refractivity contribution >= 4 is 45.2 Å². The number of nitrogens with zero attached hydrogens (tertiary/aromatic N) is 3. The van der Waals surface area contributed by atoms with Gasteiger partial charge in [0.1, 0.15) is 21.1 Å². The first-order valence-electron chi connectivity index (χ1n) is 6.18. The topological polar surface area (TPSA) is 83.4 Å². The van der Waals surface area contributed by atoms with Crippen molar-refractivity contribution in [1.29, 1.82) is 0 Å². The zero-order valence-corrected chi connectivity index (χ0v) is 13.7. The minimum atomic E-state index is -0.969. The number of aromatic carboxylic acids is 1. The molecule has 112 valence electrons. The van der Waals surface area contributed by atoms with Crippen molar-refractivity contribution in [3.63, 3.8) is 0 Å². The predicted octanol–water partition coefficient (Wildman–Crippen LogP) is 2.27. The van der Waals surface area contributed by atoms with Crippen LogP contribution in [0.5, 0.6) is 0 Å². The van der Waals surface area contributed by atoms with Gasteiger partial charge in [-0.1, -0.05) is 11.8 Å². The number of carbonyl (C=O) groups is 2. The zero-order chi connectivity index (χ0) is 15.7. The quantitative estimate of drug-likeness (QED) is 0.686. The van der Waals surface area contributed by atoms with Crippen molar-refractivity contribution in [3.05, 3.63) is 16.8 Å². The monoisotopic (exact) mass is 325 g/mol. The summed E-state index contributed by atoms with van der Waals surface area (Å²) in [5.41, 5.74) is 0.648. The van der Waals surface area contributed by atoms with E-state index in [1.807, 2.05) is 0 Å². The van der Waals surface area contributed by atoms with Crippen LogP contribution in [0.4, 0.5) is 0 Å². The maximum Gasteiger partial charge on any atom is 0.346 e. The van der Waals surface area contributed by atoms with Crippen molar-refractivity contribution in [2.75, 3.05) is 14.1 Å². The number of aryl methyl sites for hydroxylation is 1. The molecule has 1 N–H and O–H groups in total. The number of carbonyl (C=O) groups excluding carboxylic acids is 1. The predicted molar refractivity (Wildman–Crippen MR) is 83.1 cm³/mol. The van der Waals surface area contributed by atoms with Crippen LogP contribution in [0.3, 0.4) is 0 Å². The third-order valence-electron chi connectivity index (χ3n) is 2.96. The Morgan fingerprint density at radius 1 is 1.38 bits per heavy atom. The Balaban J connectivity index is 2.45. The maximum absolute atomic E-state index is 12.0. The van der Waals surface area contributed by atoms with Gasteiger partial charge in [-0.25, -0.2) is 14.8 Å². The smallest absolute Gasteiger partial charge is 0.346 e. The van der Waals surface area contributed by atoms with Crippen LogP contribution in [0.15, 0.2) is 11.4 Å². The Kier molecular flexibility index (Phi) is 4.48. The second-order valence-corrected chi connectivity index (χ2v) is 7.04. The molecule has 0 aliphatic carbocycles. The Morgan fingerprint density at radius 2 is 2.05 bits per heavy atom. The number of rotatable bonds is 4. The minimum Gasteiger partial charge on any atom is -0.477 e. The molecule has 0 saturated carbocycles. The molecule has 0 aliphatic rings. The van der Waals surface area contributed by atoms with Gasteiger partial charge in [-0.3, -0.25) is 4.79 Å². The summed E-state index contributed by atoms with van der Waals surface area (Å²) in [5, 5.41) is 10.3. The molecule has 1 atom stereocenters. The van der Waals surface area contributed by atoms with Crippen LogP contribution in [-0.4, -0.2) is 51.2 Å². The maximum atomic E-state index is 12.0. The molecule has 0 radical (unpaired) electrons. The van der Waals surface area contributed by atoms with E-state index in [1.54, 1.807) is 27.9 Å². The van der Waals surface area contributed by atoms with E-state index in [0.29, 0.717) is 15.4 Å². The molecule has 6 nitrogen and oxygen atoms in total. The van der Waals surface area contributed by atoms with Gasteiger partial charge in [-0.05, 0) is 19.4 Å². The number of carboxylic acids is 1. The average molecular weight is 325 g/mol. The van der Waals surface area contributed by atoms with Gasteiger partial charge in [0.15, 0.2) is 0 Å². The molecule has 8 heteroatoms. The molecule has 21 heavy (non-hydrogen) atoms. The molecule has 1 unspecified atom stereocenters. The number of thiophene rings is 1. The second-order valence-electron chi connectivity index (χ2n) is 4.71. The first-order valence-corrected chi connectivity index (χ1v) is 7.87. The zero-order valence-electron chi connectivity index (χ0n) is 12.1. The molecule has 0 saturated heterocycles. The highest BCUT2D eigenvalue weighted by atomic mass is 32.2. The van der Waals surface area contributed by atoms with E-state index in [0.717, 1.165) is 16.7 Å². The first kappa shape index (κ1) is 15.7. The third kappa shape index (κ3) is 3.01. The van der Waals surface area contributed by atoms with Crippen LogP contribution in [0, 0.1) is 6.92 Å². The largest absolute Gasteiger partial charge is 0.477 e. The fourth-order valence-electron chi connectivity index (χ4n) is 1.91. The molecule has 2 aromatic rings. The Labute approximate surface area is 130 Å². The van der Waals surface area contributed by atoms with Gasteiger partial charge in [0.05, 0.1) is 5.25 Å². The average Bonchev–Trinajstić information content (AvgIpc) is 2.76. The highest BCUT2D eigenvalue weighted by Crippen LogP contribution is 2.36. The summed E-state index contributed by atoms with van der Waals surface area (Å²) >= 11 is 2.45. The Bertz CT molecular complexity index is 712. The van der Waals surface area contributed by atoms with Crippen molar-refractivity contribution in [3.8, 4) is 0 Å². The van der Waals surface area contributed by atoms with Crippen molar-refractivity contribution < 1.29 is 14.7 Å². The Morgan fingerprint density at radius 3 is 2.62 bits per heavy atom. The number of carboxylic acid groups (broad SMARTS) is 1. The molecule has 0 spiro atoms. The summed E-state index contributed by atoms with van der Waals surface area (Å²) in [6.07, 6.45) is 1.40. The summed E-state index contributed by atoms with van der Waals surface area (Å²) < 4.78 is 0. The van der Waals surface area contributed by atoms with Gasteiger partial charge >= 0.3 is 5.97 Å². The molecular weight excluding hydrogens is 310 g/mol. The molecular formula is C13H15N3O3S2. The van der Waals surface area contributed by atoms with Gasteiger partial charge < -0.3 is 10.0 Å². The van der Waals surface area contributed by atoms with E-state index < -0.39 is 5.97 Å². The lowest BCUT2D eigenvalue weighted by atomic mass is 10.2. The van der Waals surface area contributed by atoms with E-state index >= 15 is 0 Å². The number of thioether (sulfide) groups is 1. The van der Waals surface area contributed by atoms with Crippen LogP contribution < -0.4 is 0 Å². The normalized spacial score (nSPS) is 12.4. The van der Waals surface area contributed by atoms with Gasteiger partial charge in [0.25, 0.3) is 0 Å². The van der Waals surface area contributed by atoms with Crippen LogP contribution >= 0.6 is 23.1 Å². The van der Waals surface area contributed by atoms with Crippen LogP contribution in [0.1, 0.15) is 22.2 Å².